The molecular formula is C17H29NO2S. The molecule has 0 saturated heterocycles. The van der Waals surface area contributed by atoms with Gasteiger partial charge < -0.3 is 14.8 Å². The van der Waals surface area contributed by atoms with E-state index in [9.17, 15) is 0 Å². The molecule has 1 aromatic carbocycles. The largest absolute Gasteiger partial charge is 0.497 e. The lowest BCUT2D eigenvalue weighted by Gasteiger charge is -2.21. The Morgan fingerprint density at radius 3 is 2.52 bits per heavy atom. The second kappa shape index (κ2) is 9.96. The normalized spacial score (nSPS) is 12.5. The molecule has 0 aliphatic carbocycles. The quantitative estimate of drug-likeness (QED) is 0.658. The zero-order chi connectivity index (χ0) is 15.7. The Bertz CT molecular complexity index is 410. The van der Waals surface area contributed by atoms with Crippen LogP contribution in [0.3, 0.4) is 0 Å². The van der Waals surface area contributed by atoms with Gasteiger partial charge in [0.2, 0.25) is 0 Å². The summed E-state index contributed by atoms with van der Waals surface area (Å²) in [4.78, 5) is 0. The van der Waals surface area contributed by atoms with Crippen LogP contribution in [-0.2, 0) is 0 Å². The van der Waals surface area contributed by atoms with Crippen molar-refractivity contribution in [2.75, 3.05) is 32.3 Å². The molecule has 120 valence electrons. The molecule has 0 aromatic heterocycles. The van der Waals surface area contributed by atoms with Gasteiger partial charge >= 0.3 is 0 Å². The van der Waals surface area contributed by atoms with Crippen molar-refractivity contribution in [3.05, 3.63) is 23.8 Å². The summed E-state index contributed by atoms with van der Waals surface area (Å²) in [6.07, 6.45) is 1.26. The third-order valence-electron chi connectivity index (χ3n) is 3.39. The molecule has 1 N–H and O–H groups in total. The molecule has 0 radical (unpaired) electrons. The van der Waals surface area contributed by atoms with Crippen molar-refractivity contribution in [2.45, 2.75) is 33.2 Å². The van der Waals surface area contributed by atoms with E-state index in [1.54, 1.807) is 14.2 Å². The van der Waals surface area contributed by atoms with Crippen molar-refractivity contribution in [1.82, 2.24) is 5.32 Å². The third kappa shape index (κ3) is 6.18. The van der Waals surface area contributed by atoms with E-state index in [2.05, 4.69) is 32.2 Å². The van der Waals surface area contributed by atoms with Gasteiger partial charge in [0.25, 0.3) is 0 Å². The van der Waals surface area contributed by atoms with Crippen LogP contribution in [0.4, 0.5) is 0 Å². The lowest BCUT2D eigenvalue weighted by molar-refractivity contribution is 0.393. The average Bonchev–Trinajstić information content (AvgIpc) is 2.49. The molecule has 0 fully saturated rings. The molecule has 4 heteroatoms. The summed E-state index contributed by atoms with van der Waals surface area (Å²) in [5, 5.41) is 3.56. The molecule has 3 nitrogen and oxygen atoms in total. The van der Waals surface area contributed by atoms with E-state index < -0.39 is 0 Å². The third-order valence-corrected chi connectivity index (χ3v) is 4.48. The van der Waals surface area contributed by atoms with Gasteiger partial charge in [-0.3, -0.25) is 0 Å². The van der Waals surface area contributed by atoms with Gasteiger partial charge in [-0.25, -0.2) is 0 Å². The first kappa shape index (κ1) is 18.2. The molecule has 0 heterocycles. The molecule has 0 bridgehead atoms. The Labute approximate surface area is 133 Å². The van der Waals surface area contributed by atoms with Crippen molar-refractivity contribution in [3.8, 4) is 11.5 Å². The van der Waals surface area contributed by atoms with Crippen LogP contribution in [0.2, 0.25) is 0 Å². The van der Waals surface area contributed by atoms with Crippen molar-refractivity contribution < 1.29 is 9.47 Å². The summed E-state index contributed by atoms with van der Waals surface area (Å²) in [5.41, 5.74) is 1.18. The van der Waals surface area contributed by atoms with Crippen molar-refractivity contribution in [2.24, 2.45) is 5.92 Å². The maximum absolute atomic E-state index is 5.51. The van der Waals surface area contributed by atoms with Crippen molar-refractivity contribution in [1.29, 1.82) is 0 Å². The van der Waals surface area contributed by atoms with Crippen LogP contribution in [0.5, 0.6) is 11.5 Å². The molecule has 21 heavy (non-hydrogen) atoms. The van der Waals surface area contributed by atoms with Gasteiger partial charge in [0, 0.05) is 17.4 Å². The topological polar surface area (TPSA) is 30.5 Å². The summed E-state index contributed by atoms with van der Waals surface area (Å²) in [7, 11) is 3.42. The van der Waals surface area contributed by atoms with E-state index >= 15 is 0 Å². The Balaban J connectivity index is 2.78. The first-order valence-electron chi connectivity index (χ1n) is 7.65. The highest BCUT2D eigenvalue weighted by Gasteiger charge is 2.16. The maximum Gasteiger partial charge on any atom is 0.123 e. The number of rotatable bonds is 10. The summed E-state index contributed by atoms with van der Waals surface area (Å²) in [5.74, 6) is 4.81. The first-order valence-corrected chi connectivity index (χ1v) is 8.80. The monoisotopic (exact) mass is 311 g/mol. The number of benzene rings is 1. The molecule has 0 amide bonds. The van der Waals surface area contributed by atoms with Crippen molar-refractivity contribution >= 4 is 11.8 Å². The zero-order valence-electron chi connectivity index (χ0n) is 13.9. The van der Waals surface area contributed by atoms with E-state index in [4.69, 9.17) is 9.47 Å². The van der Waals surface area contributed by atoms with E-state index in [1.165, 1.54) is 17.7 Å². The highest BCUT2D eigenvalue weighted by molar-refractivity contribution is 7.99. The van der Waals surface area contributed by atoms with E-state index in [0.717, 1.165) is 29.7 Å². The molecule has 1 unspecified atom stereocenters. The Hall–Kier alpha value is -0.870. The van der Waals surface area contributed by atoms with Crippen LogP contribution in [0.25, 0.3) is 0 Å². The Kier molecular flexibility index (Phi) is 8.62. The minimum Gasteiger partial charge on any atom is -0.497 e. The fraction of sp³-hybridized carbons (Fsp3) is 0.647. The Morgan fingerprint density at radius 2 is 1.95 bits per heavy atom. The van der Waals surface area contributed by atoms with Crippen LogP contribution < -0.4 is 14.8 Å². The Morgan fingerprint density at radius 1 is 1.19 bits per heavy atom. The standard InChI is InChI=1S/C17H29NO2S/c1-6-18-16(12-21-10-9-13(2)3)15-11-14(19-4)7-8-17(15)20-5/h7-8,11,13,16,18H,6,9-10,12H2,1-5H3. The van der Waals surface area contributed by atoms with Crippen LogP contribution in [0, 0.1) is 5.92 Å². The van der Waals surface area contributed by atoms with E-state index in [0.29, 0.717) is 0 Å². The number of hydrogen-bond donors (Lipinski definition) is 1. The van der Waals surface area contributed by atoms with E-state index in [1.807, 2.05) is 23.9 Å². The van der Waals surface area contributed by atoms with Gasteiger partial charge in [0.05, 0.1) is 14.2 Å². The number of hydrogen-bond acceptors (Lipinski definition) is 4. The lowest BCUT2D eigenvalue weighted by atomic mass is 10.1. The predicted molar refractivity (Wildman–Crippen MR) is 92.7 cm³/mol. The van der Waals surface area contributed by atoms with Gasteiger partial charge in [-0.1, -0.05) is 20.8 Å². The minimum absolute atomic E-state index is 0.289. The van der Waals surface area contributed by atoms with E-state index in [-0.39, 0.29) is 6.04 Å². The highest BCUT2D eigenvalue weighted by Crippen LogP contribution is 2.31. The number of nitrogens with one attached hydrogen (secondary N) is 1. The predicted octanol–water partition coefficient (Wildman–Crippen LogP) is 4.13. The van der Waals surface area contributed by atoms with Crippen molar-refractivity contribution in [3.63, 3.8) is 0 Å². The van der Waals surface area contributed by atoms with Crippen LogP contribution in [0.15, 0.2) is 18.2 Å². The number of ether oxygens (including phenoxy) is 2. The molecule has 0 aliphatic rings. The smallest absolute Gasteiger partial charge is 0.123 e. The molecular weight excluding hydrogens is 282 g/mol. The maximum atomic E-state index is 5.51. The fourth-order valence-electron chi connectivity index (χ4n) is 2.14. The molecule has 1 atom stereocenters. The second-order valence-corrected chi connectivity index (χ2v) is 6.63. The molecule has 0 aliphatic heterocycles. The minimum atomic E-state index is 0.289. The molecule has 1 aromatic rings. The van der Waals surface area contributed by atoms with Gasteiger partial charge in [-0.05, 0) is 42.8 Å². The van der Waals surface area contributed by atoms with Gasteiger partial charge in [0.1, 0.15) is 11.5 Å². The SMILES string of the molecule is CCNC(CSCCC(C)C)c1cc(OC)ccc1OC. The average molecular weight is 311 g/mol. The van der Waals surface area contributed by atoms with Gasteiger partial charge in [0.15, 0.2) is 0 Å². The summed E-state index contributed by atoms with van der Waals surface area (Å²) in [6, 6.07) is 6.29. The lowest BCUT2D eigenvalue weighted by Crippen LogP contribution is -2.23. The number of methoxy groups -OCH3 is 2. The van der Waals surface area contributed by atoms with Crippen LogP contribution >= 0.6 is 11.8 Å². The zero-order valence-corrected chi connectivity index (χ0v) is 14.8. The summed E-state index contributed by atoms with van der Waals surface area (Å²) < 4.78 is 10.9. The highest BCUT2D eigenvalue weighted by atomic mass is 32.2. The molecule has 1 rings (SSSR count). The second-order valence-electron chi connectivity index (χ2n) is 5.48. The molecule has 0 spiro atoms. The van der Waals surface area contributed by atoms with Gasteiger partial charge in [-0.15, -0.1) is 0 Å². The first-order chi connectivity index (χ1) is 10.1. The fourth-order valence-corrected chi connectivity index (χ4v) is 3.47. The summed E-state index contributed by atoms with van der Waals surface area (Å²) >= 11 is 2.00. The van der Waals surface area contributed by atoms with Crippen LogP contribution in [0.1, 0.15) is 38.8 Å². The van der Waals surface area contributed by atoms with Crippen LogP contribution in [-0.4, -0.2) is 32.3 Å². The van der Waals surface area contributed by atoms with Gasteiger partial charge in [-0.2, -0.15) is 11.8 Å². The number of thioether (sulfide) groups is 1. The summed E-state index contributed by atoms with van der Waals surface area (Å²) in [6.45, 7) is 7.62. The molecule has 0 saturated carbocycles.